The molecule has 1 N–H and O–H groups in total. The lowest BCUT2D eigenvalue weighted by Gasteiger charge is -2.13. The van der Waals surface area contributed by atoms with Crippen molar-refractivity contribution in [2.24, 2.45) is 0 Å². The summed E-state index contributed by atoms with van der Waals surface area (Å²) in [5.41, 5.74) is 2.82. The molecule has 1 aliphatic rings. The van der Waals surface area contributed by atoms with Crippen LogP contribution in [-0.4, -0.2) is 37.3 Å². The zero-order chi connectivity index (χ0) is 13.0. The minimum absolute atomic E-state index is 0.783. The summed E-state index contributed by atoms with van der Waals surface area (Å²) in [6.45, 7) is 4.33. The topological polar surface area (TPSA) is 15.3 Å². The van der Waals surface area contributed by atoms with Crippen LogP contribution in [0, 0.1) is 6.92 Å². The van der Waals surface area contributed by atoms with Crippen molar-refractivity contribution in [2.45, 2.75) is 37.2 Å². The summed E-state index contributed by atoms with van der Waals surface area (Å²) in [6, 6.07) is 7.61. The predicted octanol–water partition coefficient (Wildman–Crippen LogP) is 2.90. The van der Waals surface area contributed by atoms with Gasteiger partial charge in [0.1, 0.15) is 0 Å². The van der Waals surface area contributed by atoms with E-state index < -0.39 is 0 Å². The first kappa shape index (κ1) is 13.9. The Balaban J connectivity index is 1.93. The van der Waals surface area contributed by atoms with E-state index in [1.807, 2.05) is 11.8 Å². The van der Waals surface area contributed by atoms with Crippen molar-refractivity contribution in [2.75, 3.05) is 26.4 Å². The number of nitrogens with one attached hydrogen (secondary N) is 1. The van der Waals surface area contributed by atoms with Crippen LogP contribution in [0.2, 0.25) is 0 Å². The van der Waals surface area contributed by atoms with Gasteiger partial charge in [0, 0.05) is 29.8 Å². The number of rotatable bonds is 7. The monoisotopic (exact) mass is 264 g/mol. The average molecular weight is 264 g/mol. The summed E-state index contributed by atoms with van der Waals surface area (Å²) in [6.07, 6.45) is 2.71. The summed E-state index contributed by atoms with van der Waals surface area (Å²) in [5.74, 6) is 1.16. The average Bonchev–Trinajstić information content (AvgIpc) is 3.12. The highest BCUT2D eigenvalue weighted by Crippen LogP contribution is 2.25. The third-order valence-electron chi connectivity index (χ3n) is 3.17. The Hall–Kier alpha value is -0.510. The van der Waals surface area contributed by atoms with Crippen LogP contribution >= 0.6 is 11.8 Å². The van der Waals surface area contributed by atoms with Crippen molar-refractivity contribution in [3.05, 3.63) is 29.3 Å². The van der Waals surface area contributed by atoms with Crippen molar-refractivity contribution in [1.82, 2.24) is 10.2 Å². The second-order valence-corrected chi connectivity index (χ2v) is 6.55. The first-order chi connectivity index (χ1) is 8.65. The predicted molar refractivity (Wildman–Crippen MR) is 80.3 cm³/mol. The zero-order valence-electron chi connectivity index (χ0n) is 11.7. The maximum absolute atomic E-state index is 3.62. The van der Waals surface area contributed by atoms with E-state index in [1.54, 1.807) is 0 Å². The largest absolute Gasteiger partial charge is 0.310 e. The fourth-order valence-electron chi connectivity index (χ4n) is 1.87. The number of nitrogens with zero attached hydrogens (tertiary/aromatic N) is 1. The first-order valence-corrected chi connectivity index (χ1v) is 7.74. The lowest BCUT2D eigenvalue weighted by atomic mass is 10.1. The van der Waals surface area contributed by atoms with Gasteiger partial charge in [-0.15, -0.1) is 11.8 Å². The normalized spacial score (nSPS) is 15.3. The van der Waals surface area contributed by atoms with Crippen molar-refractivity contribution in [1.29, 1.82) is 0 Å². The lowest BCUT2D eigenvalue weighted by molar-refractivity contribution is 0.437. The van der Waals surface area contributed by atoms with Gasteiger partial charge in [-0.1, -0.05) is 17.7 Å². The van der Waals surface area contributed by atoms with Crippen molar-refractivity contribution >= 4 is 11.8 Å². The van der Waals surface area contributed by atoms with E-state index in [4.69, 9.17) is 0 Å². The van der Waals surface area contributed by atoms with Gasteiger partial charge >= 0.3 is 0 Å². The summed E-state index contributed by atoms with van der Waals surface area (Å²) >= 11 is 1.97. The molecule has 0 unspecified atom stereocenters. The highest BCUT2D eigenvalue weighted by Gasteiger charge is 2.20. The van der Waals surface area contributed by atoms with Gasteiger partial charge in [-0.05, 0) is 45.5 Å². The van der Waals surface area contributed by atoms with Crippen LogP contribution in [0.3, 0.4) is 0 Å². The van der Waals surface area contributed by atoms with Gasteiger partial charge in [-0.2, -0.15) is 0 Å². The Labute approximate surface area is 115 Å². The van der Waals surface area contributed by atoms with Gasteiger partial charge in [0.25, 0.3) is 0 Å². The van der Waals surface area contributed by atoms with E-state index in [9.17, 15) is 0 Å². The molecule has 0 heterocycles. The molecule has 1 saturated carbocycles. The molecular formula is C15H24N2S. The number of aryl methyl sites for hydroxylation is 1. The zero-order valence-corrected chi connectivity index (χ0v) is 12.5. The van der Waals surface area contributed by atoms with Gasteiger partial charge in [-0.3, -0.25) is 0 Å². The molecule has 0 aliphatic heterocycles. The minimum Gasteiger partial charge on any atom is -0.310 e. The molecule has 1 aromatic carbocycles. The quantitative estimate of drug-likeness (QED) is 0.762. The molecule has 0 amide bonds. The van der Waals surface area contributed by atoms with Crippen LogP contribution in [0.5, 0.6) is 0 Å². The van der Waals surface area contributed by atoms with E-state index in [0.717, 1.165) is 24.9 Å². The molecule has 0 radical (unpaired) electrons. The van der Waals surface area contributed by atoms with Crippen LogP contribution in [0.1, 0.15) is 24.0 Å². The van der Waals surface area contributed by atoms with E-state index in [2.05, 4.69) is 49.4 Å². The molecule has 0 saturated heterocycles. The molecular weight excluding hydrogens is 240 g/mol. The van der Waals surface area contributed by atoms with Crippen LogP contribution in [0.25, 0.3) is 0 Å². The van der Waals surface area contributed by atoms with Crippen LogP contribution in [0.15, 0.2) is 23.1 Å². The Morgan fingerprint density at radius 2 is 2.11 bits per heavy atom. The van der Waals surface area contributed by atoms with E-state index in [1.165, 1.54) is 28.9 Å². The molecule has 2 nitrogen and oxygen atoms in total. The highest BCUT2D eigenvalue weighted by atomic mass is 32.2. The van der Waals surface area contributed by atoms with E-state index >= 15 is 0 Å². The molecule has 1 aliphatic carbocycles. The Morgan fingerprint density at radius 3 is 2.78 bits per heavy atom. The molecule has 0 spiro atoms. The number of thioether (sulfide) groups is 1. The number of hydrogen-bond donors (Lipinski definition) is 1. The summed E-state index contributed by atoms with van der Waals surface area (Å²) in [4.78, 5) is 3.68. The second-order valence-electron chi connectivity index (χ2n) is 5.42. The minimum atomic E-state index is 0.783. The van der Waals surface area contributed by atoms with Crippen molar-refractivity contribution in [3.63, 3.8) is 0 Å². The Kier molecular flexibility index (Phi) is 5.10. The van der Waals surface area contributed by atoms with Crippen LogP contribution in [0.4, 0.5) is 0 Å². The summed E-state index contributed by atoms with van der Waals surface area (Å²) in [7, 11) is 4.26. The number of hydrogen-bond acceptors (Lipinski definition) is 3. The molecule has 100 valence electrons. The second kappa shape index (κ2) is 6.60. The SMILES string of the molecule is Cc1ccc(SCCN(C)C)c(CNC2CC2)c1. The molecule has 1 aromatic rings. The van der Waals surface area contributed by atoms with E-state index in [-0.39, 0.29) is 0 Å². The molecule has 0 atom stereocenters. The maximum atomic E-state index is 3.62. The smallest absolute Gasteiger partial charge is 0.0219 e. The van der Waals surface area contributed by atoms with Crippen LogP contribution in [-0.2, 0) is 6.54 Å². The molecule has 0 aromatic heterocycles. The maximum Gasteiger partial charge on any atom is 0.0219 e. The summed E-state index contributed by atoms with van der Waals surface area (Å²) < 4.78 is 0. The molecule has 3 heteroatoms. The Morgan fingerprint density at radius 1 is 1.33 bits per heavy atom. The molecule has 18 heavy (non-hydrogen) atoms. The lowest BCUT2D eigenvalue weighted by Crippen LogP contribution is -2.17. The van der Waals surface area contributed by atoms with Crippen LogP contribution < -0.4 is 5.32 Å². The molecule has 2 rings (SSSR count). The molecule has 1 fully saturated rings. The molecule has 0 bridgehead atoms. The van der Waals surface area contributed by atoms with Gasteiger partial charge in [0.05, 0.1) is 0 Å². The third-order valence-corrected chi connectivity index (χ3v) is 4.27. The van der Waals surface area contributed by atoms with Gasteiger partial charge in [-0.25, -0.2) is 0 Å². The standard InChI is InChI=1S/C15H24N2S/c1-12-4-7-15(18-9-8-17(2)3)13(10-12)11-16-14-5-6-14/h4,7,10,14,16H,5-6,8-9,11H2,1-3H3. The first-order valence-electron chi connectivity index (χ1n) is 6.75. The van der Waals surface area contributed by atoms with Gasteiger partial charge in [0.15, 0.2) is 0 Å². The fourth-order valence-corrected chi connectivity index (χ4v) is 3.02. The third kappa shape index (κ3) is 4.63. The van der Waals surface area contributed by atoms with Gasteiger partial charge < -0.3 is 10.2 Å². The van der Waals surface area contributed by atoms with Gasteiger partial charge in [0.2, 0.25) is 0 Å². The van der Waals surface area contributed by atoms with Crippen molar-refractivity contribution < 1.29 is 0 Å². The van der Waals surface area contributed by atoms with E-state index in [0.29, 0.717) is 0 Å². The fraction of sp³-hybridized carbons (Fsp3) is 0.600. The number of benzene rings is 1. The highest BCUT2D eigenvalue weighted by molar-refractivity contribution is 7.99. The summed E-state index contributed by atoms with van der Waals surface area (Å²) in [5, 5.41) is 3.62. The van der Waals surface area contributed by atoms with Crippen molar-refractivity contribution in [3.8, 4) is 0 Å². The Bertz CT molecular complexity index is 386.